The second kappa shape index (κ2) is 7.49. The molecule has 0 nitrogen and oxygen atoms in total. The molecule has 0 radical (unpaired) electrons. The van der Waals surface area contributed by atoms with Gasteiger partial charge in [0.1, 0.15) is 0 Å². The van der Waals surface area contributed by atoms with Crippen LogP contribution in [0.25, 0.3) is 67.1 Å². The van der Waals surface area contributed by atoms with Crippen molar-refractivity contribution in [3.63, 3.8) is 0 Å². The molecule has 0 fully saturated rings. The summed E-state index contributed by atoms with van der Waals surface area (Å²) in [4.78, 5) is 0. The lowest BCUT2D eigenvalue weighted by atomic mass is 9.60. The average Bonchev–Trinajstić information content (AvgIpc) is 3.83. The van der Waals surface area contributed by atoms with Crippen molar-refractivity contribution in [1.29, 1.82) is 0 Å². The van der Waals surface area contributed by atoms with E-state index >= 15 is 0 Å². The van der Waals surface area contributed by atoms with Crippen LogP contribution in [-0.2, 0) is 0 Å². The van der Waals surface area contributed by atoms with Gasteiger partial charge in [0.05, 0.1) is 5.41 Å². The van der Waals surface area contributed by atoms with Crippen molar-refractivity contribution in [3.8, 4) is 0 Å². The van der Waals surface area contributed by atoms with Crippen molar-refractivity contribution in [2.45, 2.75) is 0 Å². The Kier molecular flexibility index (Phi) is 3.79. The summed E-state index contributed by atoms with van der Waals surface area (Å²) in [6.45, 7) is 0. The average molecular weight is 565 g/mol. The highest BCUT2D eigenvalue weighted by atomic mass is 14.5. The fraction of sp³-hybridized carbons (Fsp3) is 0.0222. The number of hydrogen-bond acceptors (Lipinski definition) is 0. The van der Waals surface area contributed by atoms with Crippen molar-refractivity contribution in [2.75, 3.05) is 0 Å². The van der Waals surface area contributed by atoms with E-state index in [4.69, 9.17) is 0 Å². The number of benzene rings is 6. The van der Waals surface area contributed by atoms with Gasteiger partial charge in [0.15, 0.2) is 0 Å². The largest absolute Gasteiger partial charge is 0.0616 e. The third-order valence-corrected chi connectivity index (χ3v) is 11.2. The van der Waals surface area contributed by atoms with E-state index in [1.54, 1.807) is 0 Å². The summed E-state index contributed by atoms with van der Waals surface area (Å²) in [6.07, 6.45) is 10.3. The Hall–Kier alpha value is -5.72. The van der Waals surface area contributed by atoms with E-state index in [1.807, 2.05) is 0 Å². The van der Waals surface area contributed by atoms with Crippen molar-refractivity contribution in [2.24, 2.45) is 5.41 Å². The van der Waals surface area contributed by atoms with Crippen LogP contribution in [0.15, 0.2) is 145 Å². The lowest BCUT2D eigenvalue weighted by Gasteiger charge is -2.41. The van der Waals surface area contributed by atoms with E-state index in [9.17, 15) is 0 Å². The van der Waals surface area contributed by atoms with Crippen molar-refractivity contribution in [3.05, 3.63) is 189 Å². The molecule has 6 aromatic carbocycles. The van der Waals surface area contributed by atoms with Gasteiger partial charge in [-0.15, -0.1) is 0 Å². The molecule has 204 valence electrons. The molecule has 0 amide bonds. The predicted molar refractivity (Wildman–Crippen MR) is 189 cm³/mol. The topological polar surface area (TPSA) is 0 Å². The van der Waals surface area contributed by atoms with Gasteiger partial charge in [-0.05, 0) is 123 Å². The molecular formula is C45H24. The monoisotopic (exact) mass is 564 g/mol. The van der Waals surface area contributed by atoms with Crippen LogP contribution in [-0.4, -0.2) is 0 Å². The molecule has 0 aromatic heterocycles. The van der Waals surface area contributed by atoms with Gasteiger partial charge in [-0.3, -0.25) is 0 Å². The Balaban J connectivity index is 1.27. The smallest absolute Gasteiger partial charge is 0.0594 e. The number of allylic oxidation sites excluding steroid dienone is 10. The summed E-state index contributed by atoms with van der Waals surface area (Å²) in [5, 5.41) is 5.40. The van der Waals surface area contributed by atoms with Crippen LogP contribution in [0.1, 0.15) is 44.5 Å². The third kappa shape index (κ3) is 2.49. The minimum absolute atomic E-state index is 0.422. The Bertz CT molecular complexity index is 2480. The van der Waals surface area contributed by atoms with Crippen LogP contribution in [0.4, 0.5) is 0 Å². The summed E-state index contributed by atoms with van der Waals surface area (Å²) < 4.78 is 0. The van der Waals surface area contributed by atoms with Gasteiger partial charge in [-0.2, -0.15) is 0 Å². The predicted octanol–water partition coefficient (Wildman–Crippen LogP) is 11.1. The van der Waals surface area contributed by atoms with Gasteiger partial charge >= 0.3 is 0 Å². The zero-order chi connectivity index (χ0) is 29.0. The Labute approximate surface area is 261 Å². The number of fused-ring (bicyclic) bond motifs is 14. The molecule has 0 heteroatoms. The maximum Gasteiger partial charge on any atom is 0.0594 e. The van der Waals surface area contributed by atoms with E-state index in [0.29, 0.717) is 0 Å². The molecule has 1 spiro atoms. The van der Waals surface area contributed by atoms with Gasteiger partial charge < -0.3 is 0 Å². The highest BCUT2D eigenvalue weighted by Gasteiger charge is 2.51. The summed E-state index contributed by atoms with van der Waals surface area (Å²) in [7, 11) is 0. The van der Waals surface area contributed by atoms with Crippen LogP contribution >= 0.6 is 0 Å². The molecule has 0 bridgehead atoms. The Morgan fingerprint density at radius 1 is 0.333 bits per heavy atom. The first-order valence-electron chi connectivity index (χ1n) is 15.9. The summed E-state index contributed by atoms with van der Waals surface area (Å²) in [5.41, 5.74) is 21.5. The Morgan fingerprint density at radius 2 is 0.733 bits per heavy atom. The molecule has 0 unspecified atom stereocenters. The van der Waals surface area contributed by atoms with E-state index in [1.165, 1.54) is 111 Å². The zero-order valence-corrected chi connectivity index (χ0v) is 24.4. The number of hydrogen-bond donors (Lipinski definition) is 0. The van der Waals surface area contributed by atoms with Gasteiger partial charge in [-0.25, -0.2) is 0 Å². The fourth-order valence-corrected chi connectivity index (χ4v) is 9.54. The molecule has 6 aromatic rings. The lowest BCUT2D eigenvalue weighted by Crippen LogP contribution is -2.27. The second-order valence-corrected chi connectivity index (χ2v) is 13.2. The summed E-state index contributed by atoms with van der Waals surface area (Å²) >= 11 is 0. The zero-order valence-electron chi connectivity index (χ0n) is 24.4. The second-order valence-electron chi connectivity index (χ2n) is 13.2. The van der Waals surface area contributed by atoms with Crippen molar-refractivity contribution in [1.82, 2.24) is 0 Å². The standard InChI is InChI=1S/C45H24/c1-3-15-29-27(9-1)21-37-43(29)41-33-19-7-13-25-11-5-17-31(39(25)33)35(41)23-45(37)24-36-32-18-6-12-26-14-8-20-34(40(26)32)42(36)44-30-16-4-2-10-28(30)22-38(44)45/h1-24H. The molecule has 6 aliphatic carbocycles. The van der Waals surface area contributed by atoms with Gasteiger partial charge in [0.25, 0.3) is 0 Å². The minimum atomic E-state index is -0.422. The molecule has 6 aliphatic rings. The molecule has 0 N–H and O–H groups in total. The third-order valence-electron chi connectivity index (χ3n) is 11.2. The van der Waals surface area contributed by atoms with Crippen molar-refractivity contribution < 1.29 is 0 Å². The maximum absolute atomic E-state index is 2.64. The highest BCUT2D eigenvalue weighted by Crippen LogP contribution is 2.69. The fourth-order valence-electron chi connectivity index (χ4n) is 9.54. The molecule has 0 saturated carbocycles. The first-order chi connectivity index (χ1) is 22.3. The summed E-state index contributed by atoms with van der Waals surface area (Å²) in [6, 6.07) is 45.4. The highest BCUT2D eigenvalue weighted by molar-refractivity contribution is 6.36. The van der Waals surface area contributed by atoms with Crippen LogP contribution in [0, 0.1) is 5.41 Å². The van der Waals surface area contributed by atoms with Gasteiger partial charge in [-0.1, -0.05) is 133 Å². The lowest BCUT2D eigenvalue weighted by molar-refractivity contribution is 0.762. The van der Waals surface area contributed by atoms with Gasteiger partial charge in [0, 0.05) is 0 Å². The minimum Gasteiger partial charge on any atom is -0.0616 e. The number of rotatable bonds is 0. The quantitative estimate of drug-likeness (QED) is 0.172. The van der Waals surface area contributed by atoms with Crippen LogP contribution in [0.3, 0.4) is 0 Å². The van der Waals surface area contributed by atoms with E-state index in [-0.39, 0.29) is 0 Å². The van der Waals surface area contributed by atoms with Crippen LogP contribution < -0.4 is 0 Å². The van der Waals surface area contributed by atoms with Crippen LogP contribution in [0.2, 0.25) is 0 Å². The SMILES string of the molecule is C1=C2C(=C3C(=Cc4ccccc43)C13C=C1C(=C4C3=Cc3ccccc34)c3cccc4cccc1c34)c1cccc3cccc2c13. The van der Waals surface area contributed by atoms with Crippen LogP contribution in [0.5, 0.6) is 0 Å². The first kappa shape index (κ1) is 22.8. The maximum atomic E-state index is 2.64. The first-order valence-corrected chi connectivity index (χ1v) is 15.9. The van der Waals surface area contributed by atoms with Crippen molar-refractivity contribution >= 4 is 67.1 Å². The normalized spacial score (nSPS) is 18.3. The van der Waals surface area contributed by atoms with E-state index in [2.05, 4.69) is 146 Å². The molecule has 0 aliphatic heterocycles. The molecule has 12 rings (SSSR count). The summed E-state index contributed by atoms with van der Waals surface area (Å²) in [5.74, 6) is 0. The Morgan fingerprint density at radius 3 is 1.20 bits per heavy atom. The van der Waals surface area contributed by atoms with Gasteiger partial charge in [0.2, 0.25) is 0 Å². The van der Waals surface area contributed by atoms with E-state index in [0.717, 1.165) is 0 Å². The van der Waals surface area contributed by atoms with E-state index < -0.39 is 5.41 Å². The molecular weight excluding hydrogens is 540 g/mol. The molecule has 0 saturated heterocycles. The molecule has 0 heterocycles. The molecule has 45 heavy (non-hydrogen) atoms. The molecule has 0 atom stereocenters.